The summed E-state index contributed by atoms with van der Waals surface area (Å²) in [6.07, 6.45) is 2.73. The van der Waals surface area contributed by atoms with Crippen LogP contribution in [-0.4, -0.2) is 18.6 Å². The highest BCUT2D eigenvalue weighted by molar-refractivity contribution is 5.81. The van der Waals surface area contributed by atoms with Crippen LogP contribution in [0.2, 0.25) is 0 Å². The number of carbonyl (C=O) groups excluding carboxylic acids is 1. The summed E-state index contributed by atoms with van der Waals surface area (Å²) in [6.45, 7) is 5.12. The van der Waals surface area contributed by atoms with Crippen LogP contribution >= 0.6 is 0 Å². The molecule has 1 aliphatic rings. The topological polar surface area (TPSA) is 38.3 Å². The molecule has 104 valence electrons. The molecule has 0 bridgehead atoms. The summed E-state index contributed by atoms with van der Waals surface area (Å²) in [4.78, 5) is 12.2. The predicted molar refractivity (Wildman–Crippen MR) is 75.7 cm³/mol. The molecule has 1 unspecified atom stereocenters. The van der Waals surface area contributed by atoms with Gasteiger partial charge in [-0.2, -0.15) is 0 Å². The van der Waals surface area contributed by atoms with Crippen molar-refractivity contribution in [1.82, 2.24) is 5.32 Å². The molecule has 1 N–H and O–H groups in total. The highest BCUT2D eigenvalue weighted by Gasteiger charge is 2.49. The van der Waals surface area contributed by atoms with Gasteiger partial charge in [0.2, 0.25) is 0 Å². The molecule has 0 heterocycles. The van der Waals surface area contributed by atoms with Crippen molar-refractivity contribution >= 4 is 5.97 Å². The fourth-order valence-electron chi connectivity index (χ4n) is 3.01. The highest BCUT2D eigenvalue weighted by atomic mass is 16.5. The molecule has 1 atom stereocenters. The number of carbonyl (C=O) groups is 1. The summed E-state index contributed by atoms with van der Waals surface area (Å²) < 4.78 is 5.02. The Hall–Kier alpha value is -1.35. The van der Waals surface area contributed by atoms with E-state index in [0.29, 0.717) is 6.54 Å². The van der Waals surface area contributed by atoms with E-state index in [1.807, 2.05) is 18.2 Å². The van der Waals surface area contributed by atoms with Gasteiger partial charge in [0.15, 0.2) is 0 Å². The maximum Gasteiger partial charge on any atom is 0.326 e. The number of rotatable bonds is 4. The molecule has 0 aromatic heterocycles. The lowest BCUT2D eigenvalue weighted by atomic mass is 9.87. The minimum atomic E-state index is -0.520. The second kappa shape index (κ2) is 5.33. The van der Waals surface area contributed by atoms with E-state index in [1.165, 1.54) is 12.7 Å². The molecule has 1 aromatic rings. The van der Waals surface area contributed by atoms with Crippen LogP contribution in [0.1, 0.15) is 38.7 Å². The number of methoxy groups -OCH3 is 1. The van der Waals surface area contributed by atoms with E-state index in [0.717, 1.165) is 19.3 Å². The van der Waals surface area contributed by atoms with Gasteiger partial charge < -0.3 is 4.74 Å². The zero-order chi connectivity index (χ0) is 13.9. The minimum Gasteiger partial charge on any atom is -0.468 e. The van der Waals surface area contributed by atoms with Gasteiger partial charge >= 0.3 is 5.97 Å². The Morgan fingerprint density at radius 1 is 1.26 bits per heavy atom. The van der Waals surface area contributed by atoms with Gasteiger partial charge in [-0.15, -0.1) is 0 Å². The van der Waals surface area contributed by atoms with Crippen molar-refractivity contribution in [2.75, 3.05) is 7.11 Å². The van der Waals surface area contributed by atoms with Crippen LogP contribution in [0, 0.1) is 5.41 Å². The monoisotopic (exact) mass is 261 g/mol. The Balaban J connectivity index is 2.10. The lowest BCUT2D eigenvalue weighted by molar-refractivity contribution is -0.148. The van der Waals surface area contributed by atoms with Gasteiger partial charge in [-0.1, -0.05) is 44.2 Å². The van der Waals surface area contributed by atoms with Crippen LogP contribution in [0.25, 0.3) is 0 Å². The first-order valence-corrected chi connectivity index (χ1v) is 6.85. The van der Waals surface area contributed by atoms with Crippen molar-refractivity contribution in [3.63, 3.8) is 0 Å². The Morgan fingerprint density at radius 2 is 1.95 bits per heavy atom. The number of esters is 1. The van der Waals surface area contributed by atoms with E-state index in [2.05, 4.69) is 31.3 Å². The van der Waals surface area contributed by atoms with E-state index in [4.69, 9.17) is 4.74 Å². The number of hydrogen-bond donors (Lipinski definition) is 1. The third-order valence-corrected chi connectivity index (χ3v) is 4.06. The second-order valence-corrected chi connectivity index (χ2v) is 6.25. The van der Waals surface area contributed by atoms with E-state index in [1.54, 1.807) is 0 Å². The lowest BCUT2D eigenvalue weighted by Crippen LogP contribution is -2.50. The summed E-state index contributed by atoms with van der Waals surface area (Å²) >= 11 is 0. The van der Waals surface area contributed by atoms with Crippen molar-refractivity contribution in [3.8, 4) is 0 Å². The molecule has 0 radical (unpaired) electrons. The molecule has 3 heteroatoms. The van der Waals surface area contributed by atoms with Crippen molar-refractivity contribution in [3.05, 3.63) is 35.9 Å². The van der Waals surface area contributed by atoms with Gasteiger partial charge in [0, 0.05) is 6.54 Å². The average Bonchev–Trinajstić information content (AvgIpc) is 2.74. The van der Waals surface area contributed by atoms with E-state index in [-0.39, 0.29) is 11.4 Å². The number of nitrogens with one attached hydrogen (secondary N) is 1. The fourth-order valence-corrected chi connectivity index (χ4v) is 3.01. The summed E-state index contributed by atoms with van der Waals surface area (Å²) in [5.74, 6) is -0.131. The molecule has 19 heavy (non-hydrogen) atoms. The van der Waals surface area contributed by atoms with Crippen LogP contribution in [0.3, 0.4) is 0 Å². The minimum absolute atomic E-state index is 0.131. The van der Waals surface area contributed by atoms with Gasteiger partial charge in [-0.05, 0) is 30.2 Å². The first-order chi connectivity index (χ1) is 8.97. The van der Waals surface area contributed by atoms with E-state index >= 15 is 0 Å². The van der Waals surface area contributed by atoms with Crippen molar-refractivity contribution in [1.29, 1.82) is 0 Å². The van der Waals surface area contributed by atoms with Crippen LogP contribution in [0.5, 0.6) is 0 Å². The van der Waals surface area contributed by atoms with Crippen LogP contribution in [0.4, 0.5) is 0 Å². The van der Waals surface area contributed by atoms with E-state index in [9.17, 15) is 4.79 Å². The Morgan fingerprint density at radius 3 is 2.47 bits per heavy atom. The molecule has 1 saturated carbocycles. The molecule has 2 rings (SSSR count). The van der Waals surface area contributed by atoms with Gasteiger partial charge in [-0.3, -0.25) is 10.1 Å². The van der Waals surface area contributed by atoms with Crippen molar-refractivity contribution < 1.29 is 9.53 Å². The maximum atomic E-state index is 12.2. The standard InChI is InChI=1S/C16H23NO2/c1-15(2)9-10-16(12-15,14(18)19-3)17-11-13-7-5-4-6-8-13/h4-8,17H,9-12H2,1-3H3. The Labute approximate surface area is 115 Å². The van der Waals surface area contributed by atoms with Crippen molar-refractivity contribution in [2.45, 2.75) is 45.2 Å². The normalized spacial score (nSPS) is 25.2. The average molecular weight is 261 g/mol. The molecule has 0 amide bonds. The quantitative estimate of drug-likeness (QED) is 0.847. The zero-order valence-electron chi connectivity index (χ0n) is 12.0. The van der Waals surface area contributed by atoms with Gasteiger partial charge in [-0.25, -0.2) is 0 Å². The summed E-state index contributed by atoms with van der Waals surface area (Å²) in [7, 11) is 1.47. The number of ether oxygens (including phenoxy) is 1. The Bertz CT molecular complexity index is 441. The lowest BCUT2D eigenvalue weighted by Gasteiger charge is -2.29. The van der Waals surface area contributed by atoms with Gasteiger partial charge in [0.25, 0.3) is 0 Å². The summed E-state index contributed by atoms with van der Waals surface area (Å²) in [5.41, 5.74) is 0.863. The van der Waals surface area contributed by atoms with Crippen molar-refractivity contribution in [2.24, 2.45) is 5.41 Å². The molecule has 1 aliphatic carbocycles. The first kappa shape index (κ1) is 14.1. The second-order valence-electron chi connectivity index (χ2n) is 6.25. The molecule has 0 saturated heterocycles. The third kappa shape index (κ3) is 3.16. The maximum absolute atomic E-state index is 12.2. The molecule has 1 aromatic carbocycles. The molecular weight excluding hydrogens is 238 g/mol. The Kier molecular flexibility index (Phi) is 3.95. The largest absolute Gasteiger partial charge is 0.468 e. The summed E-state index contributed by atoms with van der Waals surface area (Å²) in [5, 5.41) is 3.44. The predicted octanol–water partition coefficient (Wildman–Crippen LogP) is 2.90. The first-order valence-electron chi connectivity index (χ1n) is 6.85. The molecule has 3 nitrogen and oxygen atoms in total. The molecule has 0 aliphatic heterocycles. The number of benzene rings is 1. The van der Waals surface area contributed by atoms with Crippen LogP contribution in [0.15, 0.2) is 30.3 Å². The highest BCUT2D eigenvalue weighted by Crippen LogP contribution is 2.44. The SMILES string of the molecule is COC(=O)C1(NCc2ccccc2)CCC(C)(C)C1. The number of hydrogen-bond acceptors (Lipinski definition) is 3. The molecule has 0 spiro atoms. The fraction of sp³-hybridized carbons (Fsp3) is 0.562. The van der Waals surface area contributed by atoms with Gasteiger partial charge in [0.1, 0.15) is 5.54 Å². The molecular formula is C16H23NO2. The zero-order valence-corrected chi connectivity index (χ0v) is 12.0. The van der Waals surface area contributed by atoms with E-state index < -0.39 is 5.54 Å². The van der Waals surface area contributed by atoms with Gasteiger partial charge in [0.05, 0.1) is 7.11 Å². The summed E-state index contributed by atoms with van der Waals surface area (Å²) in [6, 6.07) is 10.2. The van der Waals surface area contributed by atoms with Crippen LogP contribution < -0.4 is 5.32 Å². The van der Waals surface area contributed by atoms with Crippen LogP contribution in [-0.2, 0) is 16.1 Å². The molecule has 1 fully saturated rings. The smallest absolute Gasteiger partial charge is 0.326 e. The third-order valence-electron chi connectivity index (χ3n) is 4.06.